The quantitative estimate of drug-likeness (QED) is 0.855. The van der Waals surface area contributed by atoms with Crippen LogP contribution < -0.4 is 15.5 Å². The van der Waals surface area contributed by atoms with E-state index in [0.29, 0.717) is 12.8 Å². The molecule has 24 heavy (non-hydrogen) atoms. The summed E-state index contributed by atoms with van der Waals surface area (Å²) >= 11 is 0. The van der Waals surface area contributed by atoms with E-state index in [-0.39, 0.29) is 17.7 Å². The second-order valence-electron chi connectivity index (χ2n) is 5.91. The number of rotatable bonds is 5. The molecule has 0 saturated carbocycles. The van der Waals surface area contributed by atoms with E-state index in [9.17, 15) is 9.90 Å². The fourth-order valence-electron chi connectivity index (χ4n) is 3.11. The third kappa shape index (κ3) is 3.73. The minimum absolute atomic E-state index is 0.119. The van der Waals surface area contributed by atoms with Gasteiger partial charge in [-0.05, 0) is 18.6 Å². The summed E-state index contributed by atoms with van der Waals surface area (Å²) in [5.41, 5.74) is 7.25. The second kappa shape index (κ2) is 7.16. The second-order valence-corrected chi connectivity index (χ2v) is 5.91. The van der Waals surface area contributed by atoms with E-state index in [0.717, 1.165) is 31.0 Å². The lowest BCUT2D eigenvalue weighted by atomic mass is 10.0. The van der Waals surface area contributed by atoms with Crippen LogP contribution in [0.5, 0.6) is 5.75 Å². The average molecular weight is 327 g/mol. The van der Waals surface area contributed by atoms with Gasteiger partial charge in [-0.1, -0.05) is 6.07 Å². The molecule has 0 bridgehead atoms. The van der Waals surface area contributed by atoms with Gasteiger partial charge >= 0.3 is 0 Å². The molecule has 3 N–H and O–H groups in total. The average Bonchev–Trinajstić information content (AvgIpc) is 2.60. The number of primary amides is 1. The lowest BCUT2D eigenvalue weighted by Gasteiger charge is -2.43. The zero-order valence-electron chi connectivity index (χ0n) is 13.4. The fraction of sp³-hybridized carbons (Fsp3) is 0.353. The summed E-state index contributed by atoms with van der Waals surface area (Å²) in [4.78, 5) is 23.8. The highest BCUT2D eigenvalue weighted by atomic mass is 16.3. The first-order valence-corrected chi connectivity index (χ1v) is 7.97. The van der Waals surface area contributed by atoms with Crippen LogP contribution >= 0.6 is 0 Å². The number of hydrogen-bond acceptors (Lipinski definition) is 6. The number of carbonyl (C=O) groups excluding carboxylic acids is 1. The molecule has 126 valence electrons. The third-order valence-electron chi connectivity index (χ3n) is 4.28. The highest BCUT2D eigenvalue weighted by Gasteiger charge is 2.28. The Hall–Kier alpha value is -2.83. The summed E-state index contributed by atoms with van der Waals surface area (Å²) < 4.78 is 0. The van der Waals surface area contributed by atoms with Crippen molar-refractivity contribution in [1.29, 1.82) is 0 Å². The van der Waals surface area contributed by atoms with Gasteiger partial charge < -0.3 is 20.6 Å². The predicted octanol–water partition coefficient (Wildman–Crippen LogP) is 1.14. The monoisotopic (exact) mass is 327 g/mol. The molecule has 0 radical (unpaired) electrons. The highest BCUT2D eigenvalue weighted by Crippen LogP contribution is 2.27. The number of phenols is 1. The third-order valence-corrected chi connectivity index (χ3v) is 4.28. The molecule has 2 aromatic rings. The van der Waals surface area contributed by atoms with E-state index >= 15 is 0 Å². The Morgan fingerprint density at radius 2 is 2.04 bits per heavy atom. The van der Waals surface area contributed by atoms with Gasteiger partial charge in [0.15, 0.2) is 0 Å². The van der Waals surface area contributed by atoms with Crippen molar-refractivity contribution in [2.24, 2.45) is 5.73 Å². The maximum Gasteiger partial charge on any atom is 0.217 e. The van der Waals surface area contributed by atoms with E-state index in [4.69, 9.17) is 5.73 Å². The molecule has 0 spiro atoms. The number of anilines is 2. The van der Waals surface area contributed by atoms with E-state index < -0.39 is 0 Å². The van der Waals surface area contributed by atoms with Gasteiger partial charge in [-0.15, -0.1) is 0 Å². The first kappa shape index (κ1) is 16.0. The molecular weight excluding hydrogens is 306 g/mol. The number of piperazine rings is 1. The van der Waals surface area contributed by atoms with Crippen LogP contribution in [0.15, 0.2) is 43.0 Å². The number of nitrogens with two attached hydrogens (primary N) is 1. The number of benzene rings is 1. The number of aromatic hydroxyl groups is 1. The SMILES string of the molecule is NC(=O)CCC1CN(c2cncnc2)CCN1c1cccc(O)c1. The number of hydrogen-bond donors (Lipinski definition) is 2. The molecule has 3 rings (SSSR count). The lowest BCUT2D eigenvalue weighted by Crippen LogP contribution is -2.53. The molecule has 2 heterocycles. The van der Waals surface area contributed by atoms with Crippen LogP contribution in [-0.4, -0.2) is 46.7 Å². The summed E-state index contributed by atoms with van der Waals surface area (Å²) in [5.74, 6) is -0.0638. The predicted molar refractivity (Wildman–Crippen MR) is 91.9 cm³/mol. The number of nitrogens with zero attached hydrogens (tertiary/aromatic N) is 4. The van der Waals surface area contributed by atoms with Crippen molar-refractivity contribution in [3.63, 3.8) is 0 Å². The largest absolute Gasteiger partial charge is 0.508 e. The van der Waals surface area contributed by atoms with Gasteiger partial charge in [0.25, 0.3) is 0 Å². The van der Waals surface area contributed by atoms with Crippen LogP contribution in [0.25, 0.3) is 0 Å². The van der Waals surface area contributed by atoms with Gasteiger partial charge in [0.05, 0.1) is 18.1 Å². The fourth-order valence-corrected chi connectivity index (χ4v) is 3.11. The number of aromatic nitrogens is 2. The van der Waals surface area contributed by atoms with Crippen molar-refractivity contribution in [1.82, 2.24) is 9.97 Å². The van der Waals surface area contributed by atoms with Crippen molar-refractivity contribution in [2.75, 3.05) is 29.4 Å². The van der Waals surface area contributed by atoms with Gasteiger partial charge in [-0.2, -0.15) is 0 Å². The first-order valence-electron chi connectivity index (χ1n) is 7.97. The summed E-state index contributed by atoms with van der Waals surface area (Å²) in [6, 6.07) is 7.32. The van der Waals surface area contributed by atoms with Crippen LogP contribution in [0.1, 0.15) is 12.8 Å². The van der Waals surface area contributed by atoms with Crippen LogP contribution in [0.2, 0.25) is 0 Å². The number of carbonyl (C=O) groups is 1. The van der Waals surface area contributed by atoms with E-state index in [1.54, 1.807) is 24.5 Å². The molecule has 1 aliphatic heterocycles. The zero-order valence-corrected chi connectivity index (χ0v) is 13.4. The summed E-state index contributed by atoms with van der Waals surface area (Å²) in [5, 5.41) is 9.75. The van der Waals surface area contributed by atoms with Crippen molar-refractivity contribution in [2.45, 2.75) is 18.9 Å². The Balaban J connectivity index is 1.80. The molecular formula is C17H21N5O2. The topological polar surface area (TPSA) is 95.6 Å². The van der Waals surface area contributed by atoms with Crippen molar-refractivity contribution < 1.29 is 9.90 Å². The normalized spacial score (nSPS) is 17.8. The number of amides is 1. The van der Waals surface area contributed by atoms with E-state index in [1.165, 1.54) is 6.33 Å². The smallest absolute Gasteiger partial charge is 0.217 e. The van der Waals surface area contributed by atoms with Crippen LogP contribution in [0, 0.1) is 0 Å². The minimum Gasteiger partial charge on any atom is -0.508 e. The molecule has 1 aromatic heterocycles. The lowest BCUT2D eigenvalue weighted by molar-refractivity contribution is -0.118. The molecule has 1 atom stereocenters. The van der Waals surface area contributed by atoms with Crippen molar-refractivity contribution in [3.05, 3.63) is 43.0 Å². The Morgan fingerprint density at radius 3 is 2.75 bits per heavy atom. The summed E-state index contributed by atoms with van der Waals surface area (Å²) in [6.07, 6.45) is 6.09. The molecule has 1 aliphatic rings. The van der Waals surface area contributed by atoms with Gasteiger partial charge in [-0.3, -0.25) is 4.79 Å². The summed E-state index contributed by atoms with van der Waals surface area (Å²) in [6.45, 7) is 2.34. The van der Waals surface area contributed by atoms with Crippen LogP contribution in [0.3, 0.4) is 0 Å². The highest BCUT2D eigenvalue weighted by molar-refractivity contribution is 5.73. The zero-order chi connectivity index (χ0) is 16.9. The first-order chi connectivity index (χ1) is 11.6. The Labute approximate surface area is 140 Å². The van der Waals surface area contributed by atoms with Crippen LogP contribution in [-0.2, 0) is 4.79 Å². The van der Waals surface area contributed by atoms with Gasteiger partial charge in [-0.25, -0.2) is 9.97 Å². The van der Waals surface area contributed by atoms with E-state index in [1.807, 2.05) is 12.1 Å². The molecule has 1 amide bonds. The summed E-state index contributed by atoms with van der Waals surface area (Å²) in [7, 11) is 0. The van der Waals surface area contributed by atoms with Crippen molar-refractivity contribution >= 4 is 17.3 Å². The van der Waals surface area contributed by atoms with Crippen molar-refractivity contribution in [3.8, 4) is 5.75 Å². The minimum atomic E-state index is -0.300. The molecule has 1 unspecified atom stereocenters. The van der Waals surface area contributed by atoms with Gasteiger partial charge in [0, 0.05) is 43.9 Å². The Kier molecular flexibility index (Phi) is 4.79. The maximum atomic E-state index is 11.2. The molecule has 0 aliphatic carbocycles. The molecule has 1 aromatic carbocycles. The van der Waals surface area contributed by atoms with E-state index in [2.05, 4.69) is 19.8 Å². The molecule has 1 saturated heterocycles. The number of phenolic OH excluding ortho intramolecular Hbond substituents is 1. The van der Waals surface area contributed by atoms with Gasteiger partial charge in [0.1, 0.15) is 12.1 Å². The maximum absolute atomic E-state index is 11.2. The Bertz CT molecular complexity index is 694. The molecule has 7 nitrogen and oxygen atoms in total. The Morgan fingerprint density at radius 1 is 1.25 bits per heavy atom. The molecule has 7 heteroatoms. The standard InChI is InChI=1S/C17H21N5O2/c18-17(24)5-4-14-11-21(15-9-19-12-20-10-15)6-7-22(14)13-2-1-3-16(23)8-13/h1-3,8-10,12,14,23H,4-7,11H2,(H2,18,24). The van der Waals surface area contributed by atoms with Gasteiger partial charge in [0.2, 0.25) is 5.91 Å². The van der Waals surface area contributed by atoms with Crippen LogP contribution in [0.4, 0.5) is 11.4 Å². The molecule has 1 fully saturated rings.